The molecule has 5 nitrogen and oxygen atoms in total. The molecule has 0 spiro atoms. The van der Waals surface area contributed by atoms with E-state index < -0.39 is 0 Å². The number of anilines is 1. The number of nitrogens with zero attached hydrogens (tertiary/aromatic N) is 2. The molecule has 142 valence electrons. The summed E-state index contributed by atoms with van der Waals surface area (Å²) in [7, 11) is 1.70. The van der Waals surface area contributed by atoms with Gasteiger partial charge in [0.2, 0.25) is 5.89 Å². The fourth-order valence-corrected chi connectivity index (χ4v) is 3.01. The average Bonchev–Trinajstić information content (AvgIpc) is 3.16. The Bertz CT molecular complexity index is 846. The van der Waals surface area contributed by atoms with Crippen LogP contribution < -0.4 is 10.1 Å². The van der Waals surface area contributed by atoms with E-state index in [9.17, 15) is 0 Å². The van der Waals surface area contributed by atoms with Crippen LogP contribution in [-0.4, -0.2) is 17.3 Å². The Morgan fingerprint density at radius 2 is 1.96 bits per heavy atom. The Labute approximate surface area is 160 Å². The van der Waals surface area contributed by atoms with E-state index in [2.05, 4.69) is 52.7 Å². The van der Waals surface area contributed by atoms with Gasteiger partial charge in [-0.1, -0.05) is 48.8 Å². The highest BCUT2D eigenvalue weighted by Gasteiger charge is 2.15. The average molecular weight is 365 g/mol. The predicted octanol–water partition coefficient (Wildman–Crippen LogP) is 5.18. The van der Waals surface area contributed by atoms with Crippen molar-refractivity contribution in [2.45, 2.75) is 45.6 Å². The highest BCUT2D eigenvalue weighted by atomic mass is 16.5. The molecule has 0 fully saturated rings. The molecule has 0 amide bonds. The summed E-state index contributed by atoms with van der Waals surface area (Å²) in [5.74, 6) is 2.28. The van der Waals surface area contributed by atoms with Gasteiger partial charge >= 0.3 is 0 Å². The Morgan fingerprint density at radius 1 is 1.15 bits per heavy atom. The van der Waals surface area contributed by atoms with Crippen molar-refractivity contribution < 1.29 is 9.26 Å². The zero-order valence-corrected chi connectivity index (χ0v) is 16.2. The molecule has 1 unspecified atom stereocenters. The number of rotatable bonds is 9. The van der Waals surface area contributed by atoms with E-state index in [0.29, 0.717) is 5.89 Å². The minimum atomic E-state index is -0.0640. The highest BCUT2D eigenvalue weighted by Crippen LogP contribution is 2.27. The van der Waals surface area contributed by atoms with E-state index in [1.165, 1.54) is 5.56 Å². The number of methoxy groups -OCH3 is 1. The minimum absolute atomic E-state index is 0.0640. The SMILES string of the molecule is CCCCc1noc(C(C)Nc2ccc(OC)c(Cc3ccccc3)c2)n1. The van der Waals surface area contributed by atoms with Gasteiger partial charge in [-0.3, -0.25) is 0 Å². The van der Waals surface area contributed by atoms with Crippen molar-refractivity contribution in [3.63, 3.8) is 0 Å². The molecular formula is C22H27N3O2. The summed E-state index contributed by atoms with van der Waals surface area (Å²) in [5.41, 5.74) is 3.39. The molecule has 0 aliphatic carbocycles. The monoisotopic (exact) mass is 365 g/mol. The van der Waals surface area contributed by atoms with Crippen LogP contribution >= 0.6 is 0 Å². The van der Waals surface area contributed by atoms with E-state index >= 15 is 0 Å². The first-order chi connectivity index (χ1) is 13.2. The summed E-state index contributed by atoms with van der Waals surface area (Å²) in [6.45, 7) is 4.18. The number of benzene rings is 2. The quantitative estimate of drug-likeness (QED) is 0.566. The molecule has 1 atom stereocenters. The van der Waals surface area contributed by atoms with E-state index in [1.54, 1.807) is 7.11 Å². The van der Waals surface area contributed by atoms with Crippen molar-refractivity contribution in [2.24, 2.45) is 0 Å². The number of hydrogen-bond acceptors (Lipinski definition) is 5. The molecular weight excluding hydrogens is 338 g/mol. The number of aromatic nitrogens is 2. The van der Waals surface area contributed by atoms with Crippen LogP contribution in [0.1, 0.15) is 55.6 Å². The molecule has 0 saturated carbocycles. The molecule has 3 aromatic rings. The minimum Gasteiger partial charge on any atom is -0.496 e. The lowest BCUT2D eigenvalue weighted by Crippen LogP contribution is -2.08. The van der Waals surface area contributed by atoms with Gasteiger partial charge < -0.3 is 14.6 Å². The number of unbranched alkanes of at least 4 members (excludes halogenated alkanes) is 1. The molecule has 27 heavy (non-hydrogen) atoms. The van der Waals surface area contributed by atoms with Crippen molar-refractivity contribution >= 4 is 5.69 Å². The van der Waals surface area contributed by atoms with Crippen molar-refractivity contribution in [3.05, 3.63) is 71.4 Å². The van der Waals surface area contributed by atoms with Crippen LogP contribution in [0, 0.1) is 0 Å². The largest absolute Gasteiger partial charge is 0.496 e. The van der Waals surface area contributed by atoms with Gasteiger partial charge in [-0.05, 0) is 37.1 Å². The van der Waals surface area contributed by atoms with Gasteiger partial charge in [-0.2, -0.15) is 4.98 Å². The Kier molecular flexibility index (Phi) is 6.47. The zero-order chi connectivity index (χ0) is 19.1. The summed E-state index contributed by atoms with van der Waals surface area (Å²) in [6, 6.07) is 16.4. The lowest BCUT2D eigenvalue weighted by molar-refractivity contribution is 0.362. The molecule has 0 radical (unpaired) electrons. The van der Waals surface area contributed by atoms with Crippen molar-refractivity contribution in [2.75, 3.05) is 12.4 Å². The lowest BCUT2D eigenvalue weighted by Gasteiger charge is -2.15. The van der Waals surface area contributed by atoms with E-state index in [4.69, 9.17) is 9.26 Å². The normalized spacial score (nSPS) is 12.0. The van der Waals surface area contributed by atoms with Crippen LogP contribution in [0.4, 0.5) is 5.69 Å². The number of ether oxygens (including phenoxy) is 1. The van der Waals surface area contributed by atoms with Crippen LogP contribution in [-0.2, 0) is 12.8 Å². The molecule has 1 heterocycles. The number of hydrogen-bond donors (Lipinski definition) is 1. The van der Waals surface area contributed by atoms with Crippen LogP contribution in [0.15, 0.2) is 53.1 Å². The van der Waals surface area contributed by atoms with E-state index in [0.717, 1.165) is 48.5 Å². The van der Waals surface area contributed by atoms with Crippen molar-refractivity contribution in [1.29, 1.82) is 0 Å². The molecule has 1 N–H and O–H groups in total. The van der Waals surface area contributed by atoms with E-state index in [1.807, 2.05) is 25.1 Å². The molecule has 0 aliphatic rings. The molecule has 0 saturated heterocycles. The van der Waals surface area contributed by atoms with Gasteiger partial charge in [0, 0.05) is 24.1 Å². The number of nitrogens with one attached hydrogen (secondary N) is 1. The third kappa shape index (κ3) is 5.09. The van der Waals surface area contributed by atoms with Gasteiger partial charge in [0.15, 0.2) is 5.82 Å². The fourth-order valence-electron chi connectivity index (χ4n) is 3.01. The highest BCUT2D eigenvalue weighted by molar-refractivity contribution is 5.53. The number of aryl methyl sites for hydroxylation is 1. The zero-order valence-electron chi connectivity index (χ0n) is 16.2. The first-order valence-corrected chi connectivity index (χ1v) is 9.49. The maximum Gasteiger partial charge on any atom is 0.248 e. The fraction of sp³-hybridized carbons (Fsp3) is 0.364. The topological polar surface area (TPSA) is 60.2 Å². The molecule has 5 heteroatoms. The van der Waals surface area contributed by atoms with Crippen LogP contribution in [0.5, 0.6) is 5.75 Å². The third-order valence-corrected chi connectivity index (χ3v) is 4.51. The second kappa shape index (κ2) is 9.21. The van der Waals surface area contributed by atoms with Crippen molar-refractivity contribution in [1.82, 2.24) is 10.1 Å². The predicted molar refractivity (Wildman–Crippen MR) is 107 cm³/mol. The Hall–Kier alpha value is -2.82. The summed E-state index contributed by atoms with van der Waals surface area (Å²) in [5, 5.41) is 7.52. The third-order valence-electron chi connectivity index (χ3n) is 4.51. The Morgan fingerprint density at radius 3 is 2.70 bits per heavy atom. The first kappa shape index (κ1) is 19.0. The maximum atomic E-state index is 5.53. The van der Waals surface area contributed by atoms with Gasteiger partial charge in [0.25, 0.3) is 0 Å². The summed E-state index contributed by atoms with van der Waals surface area (Å²) >= 11 is 0. The molecule has 0 aliphatic heterocycles. The molecule has 1 aromatic heterocycles. The van der Waals surface area contributed by atoms with Gasteiger partial charge in [-0.25, -0.2) is 0 Å². The van der Waals surface area contributed by atoms with Crippen LogP contribution in [0.25, 0.3) is 0 Å². The smallest absolute Gasteiger partial charge is 0.248 e. The maximum absolute atomic E-state index is 5.53. The molecule has 3 rings (SSSR count). The molecule has 2 aromatic carbocycles. The van der Waals surface area contributed by atoms with Gasteiger partial charge in [0.1, 0.15) is 11.8 Å². The van der Waals surface area contributed by atoms with Crippen molar-refractivity contribution in [3.8, 4) is 5.75 Å². The van der Waals surface area contributed by atoms with E-state index in [-0.39, 0.29) is 6.04 Å². The molecule has 0 bridgehead atoms. The van der Waals surface area contributed by atoms with Crippen LogP contribution in [0.3, 0.4) is 0 Å². The second-order valence-corrected chi connectivity index (χ2v) is 6.71. The first-order valence-electron chi connectivity index (χ1n) is 9.49. The summed E-state index contributed by atoms with van der Waals surface area (Å²) in [6.07, 6.45) is 3.86. The summed E-state index contributed by atoms with van der Waals surface area (Å²) < 4.78 is 11.0. The second-order valence-electron chi connectivity index (χ2n) is 6.71. The lowest BCUT2D eigenvalue weighted by atomic mass is 10.0. The Balaban J connectivity index is 1.72. The van der Waals surface area contributed by atoms with Gasteiger partial charge in [0.05, 0.1) is 7.11 Å². The van der Waals surface area contributed by atoms with Gasteiger partial charge in [-0.15, -0.1) is 0 Å². The van der Waals surface area contributed by atoms with Crippen LogP contribution in [0.2, 0.25) is 0 Å². The summed E-state index contributed by atoms with van der Waals surface area (Å²) in [4.78, 5) is 4.50. The standard InChI is InChI=1S/C22H27N3O2/c1-4-5-11-21-24-22(27-25-21)16(2)23-19-12-13-20(26-3)18(15-19)14-17-9-7-6-8-10-17/h6-10,12-13,15-16,23H,4-5,11,14H2,1-3H3.